The fourth-order valence-corrected chi connectivity index (χ4v) is 2.29. The molecule has 1 aliphatic heterocycles. The number of anilines is 1. The number of hydrogen-bond donors (Lipinski definition) is 1. The van der Waals surface area contributed by atoms with Gasteiger partial charge in [0.05, 0.1) is 18.9 Å². The van der Waals surface area contributed by atoms with Crippen LogP contribution in [0.1, 0.15) is 13.3 Å². The summed E-state index contributed by atoms with van der Waals surface area (Å²) < 4.78 is 11.1. The molecule has 0 saturated heterocycles. The molecule has 1 aromatic carbocycles. The van der Waals surface area contributed by atoms with Crippen molar-refractivity contribution in [2.75, 3.05) is 31.2 Å². The van der Waals surface area contributed by atoms with E-state index in [2.05, 4.69) is 0 Å². The fourth-order valence-electron chi connectivity index (χ4n) is 2.13. The van der Waals surface area contributed by atoms with Crippen LogP contribution in [0.5, 0.6) is 5.75 Å². The van der Waals surface area contributed by atoms with Crippen molar-refractivity contribution in [1.29, 1.82) is 0 Å². The van der Waals surface area contributed by atoms with Crippen molar-refractivity contribution >= 4 is 23.2 Å². The standard InChI is InChI=1S/C14H19ClN2O3/c1-2-12-14(18)17(6-8-19-7-5-16)11-9-10(15)3-4-13(11)20-12/h3-4,9,12H,2,5-8,16H2,1H3. The molecule has 1 unspecified atom stereocenters. The van der Waals surface area contributed by atoms with Crippen LogP contribution in [0.4, 0.5) is 5.69 Å². The summed E-state index contributed by atoms with van der Waals surface area (Å²) in [6.07, 6.45) is 0.180. The zero-order chi connectivity index (χ0) is 14.5. The Morgan fingerprint density at radius 3 is 2.95 bits per heavy atom. The Bertz CT molecular complexity index is 481. The highest BCUT2D eigenvalue weighted by molar-refractivity contribution is 6.31. The molecule has 1 amide bonds. The van der Waals surface area contributed by atoms with Gasteiger partial charge in [-0.3, -0.25) is 4.79 Å². The van der Waals surface area contributed by atoms with E-state index in [0.717, 1.165) is 0 Å². The van der Waals surface area contributed by atoms with Gasteiger partial charge in [0.15, 0.2) is 6.10 Å². The lowest BCUT2D eigenvalue weighted by molar-refractivity contribution is -0.126. The number of carbonyl (C=O) groups excluding carboxylic acids is 1. The highest BCUT2D eigenvalue weighted by Gasteiger charge is 2.33. The van der Waals surface area contributed by atoms with Crippen molar-refractivity contribution in [3.8, 4) is 5.75 Å². The zero-order valence-corrected chi connectivity index (χ0v) is 12.2. The summed E-state index contributed by atoms with van der Waals surface area (Å²) in [5.74, 6) is 0.623. The number of benzene rings is 1. The van der Waals surface area contributed by atoms with Gasteiger partial charge in [0.2, 0.25) is 0 Å². The first-order valence-corrected chi connectivity index (χ1v) is 7.10. The maximum absolute atomic E-state index is 12.4. The summed E-state index contributed by atoms with van der Waals surface area (Å²) in [4.78, 5) is 14.0. The van der Waals surface area contributed by atoms with Gasteiger partial charge < -0.3 is 20.1 Å². The Kier molecular flexibility index (Phi) is 5.23. The van der Waals surface area contributed by atoms with Crippen molar-refractivity contribution in [2.45, 2.75) is 19.4 Å². The van der Waals surface area contributed by atoms with Gasteiger partial charge in [-0.25, -0.2) is 0 Å². The Labute approximate surface area is 123 Å². The number of hydrogen-bond acceptors (Lipinski definition) is 4. The Morgan fingerprint density at radius 2 is 2.25 bits per heavy atom. The van der Waals surface area contributed by atoms with Gasteiger partial charge in [0.1, 0.15) is 5.75 Å². The summed E-state index contributed by atoms with van der Waals surface area (Å²) in [6.45, 7) is 3.78. The first kappa shape index (κ1) is 15.1. The zero-order valence-electron chi connectivity index (χ0n) is 11.5. The molecule has 1 aromatic rings. The molecule has 0 radical (unpaired) electrons. The van der Waals surface area contributed by atoms with Crippen molar-refractivity contribution < 1.29 is 14.3 Å². The number of nitrogens with two attached hydrogens (primary N) is 1. The molecule has 0 bridgehead atoms. The molecule has 1 aliphatic rings. The van der Waals surface area contributed by atoms with Crippen molar-refractivity contribution in [3.05, 3.63) is 23.2 Å². The second kappa shape index (κ2) is 6.92. The third-order valence-corrected chi connectivity index (χ3v) is 3.35. The number of carbonyl (C=O) groups is 1. The average Bonchev–Trinajstić information content (AvgIpc) is 2.45. The molecule has 110 valence electrons. The van der Waals surface area contributed by atoms with Gasteiger partial charge in [0, 0.05) is 18.1 Å². The molecule has 0 spiro atoms. The van der Waals surface area contributed by atoms with Crippen molar-refractivity contribution in [2.24, 2.45) is 5.73 Å². The lowest BCUT2D eigenvalue weighted by Crippen LogP contribution is -2.47. The maximum atomic E-state index is 12.4. The van der Waals surface area contributed by atoms with Crippen LogP contribution >= 0.6 is 11.6 Å². The smallest absolute Gasteiger partial charge is 0.268 e. The van der Waals surface area contributed by atoms with E-state index in [-0.39, 0.29) is 5.91 Å². The number of nitrogens with zero attached hydrogens (tertiary/aromatic N) is 1. The van der Waals surface area contributed by atoms with E-state index in [1.807, 2.05) is 6.92 Å². The molecule has 0 saturated carbocycles. The van der Waals surface area contributed by atoms with E-state index in [4.69, 9.17) is 26.8 Å². The van der Waals surface area contributed by atoms with Crippen LogP contribution in [0.15, 0.2) is 18.2 Å². The van der Waals surface area contributed by atoms with Gasteiger partial charge in [-0.1, -0.05) is 18.5 Å². The van der Waals surface area contributed by atoms with E-state index >= 15 is 0 Å². The van der Waals surface area contributed by atoms with E-state index in [1.54, 1.807) is 23.1 Å². The molecular formula is C14H19ClN2O3. The fraction of sp³-hybridized carbons (Fsp3) is 0.500. The minimum absolute atomic E-state index is 0.0568. The van der Waals surface area contributed by atoms with Crippen molar-refractivity contribution in [1.82, 2.24) is 0 Å². The van der Waals surface area contributed by atoms with E-state index in [0.29, 0.717) is 49.2 Å². The van der Waals surface area contributed by atoms with E-state index in [9.17, 15) is 4.79 Å². The molecule has 0 fully saturated rings. The number of fused-ring (bicyclic) bond motifs is 1. The molecule has 5 nitrogen and oxygen atoms in total. The normalized spacial score (nSPS) is 17.9. The van der Waals surface area contributed by atoms with Crippen LogP contribution in [0.25, 0.3) is 0 Å². The van der Waals surface area contributed by atoms with Gasteiger partial charge in [0.25, 0.3) is 5.91 Å². The van der Waals surface area contributed by atoms with Gasteiger partial charge >= 0.3 is 0 Å². The number of halogens is 1. The van der Waals surface area contributed by atoms with Crippen molar-refractivity contribution in [3.63, 3.8) is 0 Å². The Balaban J connectivity index is 2.18. The summed E-state index contributed by atoms with van der Waals surface area (Å²) in [6, 6.07) is 5.29. The number of amides is 1. The molecule has 0 aromatic heterocycles. The van der Waals surface area contributed by atoms with E-state index < -0.39 is 6.10 Å². The van der Waals surface area contributed by atoms with Crippen LogP contribution < -0.4 is 15.4 Å². The van der Waals surface area contributed by atoms with Gasteiger partial charge in [-0.2, -0.15) is 0 Å². The lowest BCUT2D eigenvalue weighted by atomic mass is 10.1. The third-order valence-electron chi connectivity index (χ3n) is 3.11. The molecule has 20 heavy (non-hydrogen) atoms. The monoisotopic (exact) mass is 298 g/mol. The van der Waals surface area contributed by atoms with Crippen LogP contribution in [0.3, 0.4) is 0 Å². The SMILES string of the molecule is CCC1Oc2ccc(Cl)cc2N(CCOCCN)C1=O. The van der Waals surface area contributed by atoms with Crippen LogP contribution in [-0.2, 0) is 9.53 Å². The molecule has 1 atom stereocenters. The Morgan fingerprint density at radius 1 is 1.45 bits per heavy atom. The summed E-state index contributed by atoms with van der Waals surface area (Å²) in [5.41, 5.74) is 6.07. The van der Waals surface area contributed by atoms with Gasteiger partial charge in [-0.05, 0) is 24.6 Å². The highest BCUT2D eigenvalue weighted by atomic mass is 35.5. The molecule has 6 heteroatoms. The largest absolute Gasteiger partial charge is 0.478 e. The van der Waals surface area contributed by atoms with Gasteiger partial charge in [-0.15, -0.1) is 0 Å². The molecule has 1 heterocycles. The molecule has 2 N–H and O–H groups in total. The minimum Gasteiger partial charge on any atom is -0.478 e. The predicted molar refractivity (Wildman–Crippen MR) is 78.4 cm³/mol. The third kappa shape index (κ3) is 3.23. The second-order valence-corrected chi connectivity index (χ2v) is 4.95. The van der Waals surface area contributed by atoms with E-state index in [1.165, 1.54) is 0 Å². The molecular weight excluding hydrogens is 280 g/mol. The number of ether oxygens (including phenoxy) is 2. The Hall–Kier alpha value is -1.30. The molecule has 2 rings (SSSR count). The topological polar surface area (TPSA) is 64.8 Å². The lowest BCUT2D eigenvalue weighted by Gasteiger charge is -2.34. The quantitative estimate of drug-likeness (QED) is 0.814. The first-order valence-electron chi connectivity index (χ1n) is 6.72. The highest BCUT2D eigenvalue weighted by Crippen LogP contribution is 2.36. The summed E-state index contributed by atoms with van der Waals surface area (Å²) >= 11 is 6.00. The molecule has 0 aliphatic carbocycles. The second-order valence-electron chi connectivity index (χ2n) is 4.52. The summed E-state index contributed by atoms with van der Waals surface area (Å²) in [7, 11) is 0. The summed E-state index contributed by atoms with van der Waals surface area (Å²) in [5, 5.41) is 0.572. The first-order chi connectivity index (χ1) is 9.67. The van der Waals surface area contributed by atoms with Crippen LogP contribution in [-0.4, -0.2) is 38.3 Å². The van der Waals surface area contributed by atoms with Crippen LogP contribution in [0.2, 0.25) is 5.02 Å². The maximum Gasteiger partial charge on any atom is 0.268 e. The average molecular weight is 299 g/mol. The van der Waals surface area contributed by atoms with Crippen LogP contribution in [0, 0.1) is 0 Å². The number of rotatable bonds is 6. The minimum atomic E-state index is -0.446. The predicted octanol–water partition coefficient (Wildman–Crippen LogP) is 1.82.